The first-order valence-electron chi connectivity index (χ1n) is 8.74. The predicted molar refractivity (Wildman–Crippen MR) is 98.7 cm³/mol. The maximum atomic E-state index is 12.5. The fraction of sp³-hybridized carbons (Fsp3) is 0.350. The van der Waals surface area contributed by atoms with Crippen LogP contribution in [0.2, 0.25) is 0 Å². The minimum atomic E-state index is -0.275. The molecule has 1 aromatic carbocycles. The van der Waals surface area contributed by atoms with E-state index in [1.165, 1.54) is 0 Å². The van der Waals surface area contributed by atoms with Crippen molar-refractivity contribution in [3.63, 3.8) is 0 Å². The second-order valence-corrected chi connectivity index (χ2v) is 6.39. The fourth-order valence-electron chi connectivity index (χ4n) is 3.14. The number of aromatic nitrogens is 1. The highest BCUT2D eigenvalue weighted by Crippen LogP contribution is 2.31. The zero-order valence-electron chi connectivity index (χ0n) is 14.7. The Hall–Kier alpha value is -2.69. The largest absolute Gasteiger partial charge is 0.326 e. The molecule has 0 bridgehead atoms. The van der Waals surface area contributed by atoms with Crippen molar-refractivity contribution in [2.24, 2.45) is 0 Å². The van der Waals surface area contributed by atoms with Crippen LogP contribution < -0.4 is 10.2 Å². The van der Waals surface area contributed by atoms with Gasteiger partial charge in [0.25, 0.3) is 0 Å². The number of rotatable bonds is 5. The van der Waals surface area contributed by atoms with Crippen LogP contribution in [0.5, 0.6) is 0 Å². The number of nitrogens with zero attached hydrogens (tertiary/aromatic N) is 2. The lowest BCUT2D eigenvalue weighted by atomic mass is 9.99. The lowest BCUT2D eigenvalue weighted by molar-refractivity contribution is -0.119. The van der Waals surface area contributed by atoms with Crippen molar-refractivity contribution in [3.8, 4) is 0 Å². The highest BCUT2D eigenvalue weighted by Gasteiger charge is 2.24. The average Bonchev–Trinajstić information content (AvgIpc) is 2.64. The Morgan fingerprint density at radius 2 is 2.16 bits per heavy atom. The van der Waals surface area contributed by atoms with Crippen LogP contribution in [0.4, 0.5) is 11.4 Å². The van der Waals surface area contributed by atoms with Gasteiger partial charge in [-0.1, -0.05) is 13.0 Å². The Bertz CT molecular complexity index is 774. The lowest BCUT2D eigenvalue weighted by Crippen LogP contribution is -2.35. The standard InChI is InChI=1S/C20H23N3O2/c1-3-11-23-18-8-7-17(12-15(18)6-9-19(23)24)22-20(25)14(2)16-5-4-10-21-13-16/h4-5,7-8,10,12-14H,3,6,9,11H2,1-2H3,(H,22,25). The molecule has 25 heavy (non-hydrogen) atoms. The van der Waals surface area contributed by atoms with Crippen LogP contribution in [0.25, 0.3) is 0 Å². The van der Waals surface area contributed by atoms with Gasteiger partial charge in [-0.05, 0) is 55.2 Å². The summed E-state index contributed by atoms with van der Waals surface area (Å²) < 4.78 is 0. The molecule has 1 N–H and O–H groups in total. The summed E-state index contributed by atoms with van der Waals surface area (Å²) in [6.07, 6.45) is 5.57. The van der Waals surface area contributed by atoms with Crippen molar-refractivity contribution < 1.29 is 9.59 Å². The van der Waals surface area contributed by atoms with Crippen LogP contribution in [0.3, 0.4) is 0 Å². The summed E-state index contributed by atoms with van der Waals surface area (Å²) >= 11 is 0. The van der Waals surface area contributed by atoms with Gasteiger partial charge in [0.05, 0.1) is 5.92 Å². The molecule has 0 saturated heterocycles. The van der Waals surface area contributed by atoms with Gasteiger partial charge >= 0.3 is 0 Å². The molecule has 2 heterocycles. The van der Waals surface area contributed by atoms with Crippen LogP contribution in [-0.2, 0) is 16.0 Å². The third kappa shape index (κ3) is 3.71. The Morgan fingerprint density at radius 3 is 2.88 bits per heavy atom. The molecule has 0 radical (unpaired) electrons. The van der Waals surface area contributed by atoms with Crippen LogP contribution in [0.15, 0.2) is 42.7 Å². The number of carbonyl (C=O) groups is 2. The molecule has 1 atom stereocenters. The summed E-state index contributed by atoms with van der Waals surface area (Å²) in [6, 6.07) is 9.52. The molecule has 0 spiro atoms. The molecule has 0 saturated carbocycles. The van der Waals surface area contributed by atoms with E-state index < -0.39 is 0 Å². The minimum absolute atomic E-state index is 0.0646. The van der Waals surface area contributed by atoms with Crippen LogP contribution in [0.1, 0.15) is 43.7 Å². The summed E-state index contributed by atoms with van der Waals surface area (Å²) in [5, 5.41) is 2.98. The zero-order chi connectivity index (χ0) is 17.8. The molecule has 130 valence electrons. The Labute approximate surface area is 148 Å². The quantitative estimate of drug-likeness (QED) is 0.908. The number of amides is 2. The molecule has 1 aromatic heterocycles. The van der Waals surface area contributed by atoms with Gasteiger partial charge in [0.1, 0.15) is 0 Å². The van der Waals surface area contributed by atoms with Crippen molar-refractivity contribution in [2.75, 3.05) is 16.8 Å². The first kappa shape index (κ1) is 17.1. The Morgan fingerprint density at radius 1 is 1.32 bits per heavy atom. The number of aryl methyl sites for hydroxylation is 1. The molecule has 1 aliphatic heterocycles. The van der Waals surface area contributed by atoms with Gasteiger partial charge in [-0.25, -0.2) is 0 Å². The summed E-state index contributed by atoms with van der Waals surface area (Å²) in [4.78, 5) is 30.5. The SMILES string of the molecule is CCCN1C(=O)CCc2cc(NC(=O)C(C)c3cccnc3)ccc21. The number of pyridine rings is 1. The highest BCUT2D eigenvalue weighted by molar-refractivity contribution is 5.98. The summed E-state index contributed by atoms with van der Waals surface area (Å²) in [6.45, 7) is 4.66. The zero-order valence-corrected chi connectivity index (χ0v) is 14.7. The van der Waals surface area contributed by atoms with Crippen LogP contribution in [-0.4, -0.2) is 23.3 Å². The van der Waals surface area contributed by atoms with Gasteiger partial charge in [0, 0.05) is 36.7 Å². The summed E-state index contributed by atoms with van der Waals surface area (Å²) in [5.41, 5.74) is 3.74. The van der Waals surface area contributed by atoms with Gasteiger partial charge in [-0.3, -0.25) is 14.6 Å². The molecule has 1 unspecified atom stereocenters. The Balaban J connectivity index is 1.76. The van der Waals surface area contributed by atoms with E-state index in [1.54, 1.807) is 12.4 Å². The van der Waals surface area contributed by atoms with E-state index >= 15 is 0 Å². The average molecular weight is 337 g/mol. The molecule has 0 aliphatic carbocycles. The number of hydrogen-bond acceptors (Lipinski definition) is 3. The first-order valence-corrected chi connectivity index (χ1v) is 8.74. The molecule has 1 aliphatic rings. The van der Waals surface area contributed by atoms with E-state index in [2.05, 4.69) is 17.2 Å². The number of nitrogens with one attached hydrogen (secondary N) is 1. The van der Waals surface area contributed by atoms with E-state index in [0.717, 1.165) is 41.9 Å². The number of anilines is 2. The molecule has 5 heteroatoms. The molecular formula is C20H23N3O2. The van der Waals surface area contributed by atoms with Gasteiger partial charge < -0.3 is 10.2 Å². The molecule has 2 amide bonds. The fourth-order valence-corrected chi connectivity index (χ4v) is 3.14. The topological polar surface area (TPSA) is 62.3 Å². The van der Waals surface area contributed by atoms with Crippen molar-refractivity contribution in [2.45, 2.75) is 39.0 Å². The van der Waals surface area contributed by atoms with Crippen LogP contribution >= 0.6 is 0 Å². The van der Waals surface area contributed by atoms with Gasteiger partial charge in [0.2, 0.25) is 11.8 Å². The monoisotopic (exact) mass is 337 g/mol. The highest BCUT2D eigenvalue weighted by atomic mass is 16.2. The minimum Gasteiger partial charge on any atom is -0.326 e. The van der Waals surface area contributed by atoms with E-state index in [1.807, 2.05) is 42.2 Å². The van der Waals surface area contributed by atoms with E-state index in [-0.39, 0.29) is 17.7 Å². The van der Waals surface area contributed by atoms with Crippen molar-refractivity contribution in [1.29, 1.82) is 0 Å². The number of fused-ring (bicyclic) bond motifs is 1. The van der Waals surface area contributed by atoms with Crippen LogP contribution in [0, 0.1) is 0 Å². The molecule has 3 rings (SSSR count). The molecular weight excluding hydrogens is 314 g/mol. The lowest BCUT2D eigenvalue weighted by Gasteiger charge is -2.29. The maximum Gasteiger partial charge on any atom is 0.231 e. The third-order valence-corrected chi connectivity index (χ3v) is 4.57. The first-order chi connectivity index (χ1) is 12.1. The van der Waals surface area contributed by atoms with E-state index in [9.17, 15) is 9.59 Å². The Kier molecular flexibility index (Phi) is 5.12. The molecule has 0 fully saturated rings. The number of benzene rings is 1. The van der Waals surface area contributed by atoms with Gasteiger partial charge in [-0.15, -0.1) is 0 Å². The van der Waals surface area contributed by atoms with Gasteiger partial charge in [-0.2, -0.15) is 0 Å². The number of hydrogen-bond donors (Lipinski definition) is 1. The second kappa shape index (κ2) is 7.47. The molecule has 2 aromatic rings. The normalized spacial score (nSPS) is 14.8. The van der Waals surface area contributed by atoms with Gasteiger partial charge in [0.15, 0.2) is 0 Å². The molecule has 5 nitrogen and oxygen atoms in total. The van der Waals surface area contributed by atoms with Crippen molar-refractivity contribution >= 4 is 23.2 Å². The van der Waals surface area contributed by atoms with E-state index in [4.69, 9.17) is 0 Å². The second-order valence-electron chi connectivity index (χ2n) is 6.39. The smallest absolute Gasteiger partial charge is 0.231 e. The predicted octanol–water partition coefficient (Wildman–Crippen LogP) is 3.51. The third-order valence-electron chi connectivity index (χ3n) is 4.57. The van der Waals surface area contributed by atoms with Crippen molar-refractivity contribution in [3.05, 3.63) is 53.9 Å². The van der Waals surface area contributed by atoms with Crippen molar-refractivity contribution in [1.82, 2.24) is 4.98 Å². The van der Waals surface area contributed by atoms with E-state index in [0.29, 0.717) is 6.42 Å². The maximum absolute atomic E-state index is 12.5. The summed E-state index contributed by atoms with van der Waals surface area (Å²) in [5.74, 6) is -0.163. The number of carbonyl (C=O) groups excluding carboxylic acids is 2. The summed E-state index contributed by atoms with van der Waals surface area (Å²) in [7, 11) is 0.